The zero-order chi connectivity index (χ0) is 42.6. The zero-order valence-corrected chi connectivity index (χ0v) is 38.2. The SMILES string of the molecule is CCCCCC/C=C\C/C=C\CCCCCCCCCC(=O)OC(COC(=O)CCCCCCCCCCCCCCCCCCC)COP(=O)(O)OCC(O)CO. The van der Waals surface area contributed by atoms with Crippen molar-refractivity contribution in [2.24, 2.45) is 0 Å². The molecule has 0 aliphatic rings. The first-order chi connectivity index (χ1) is 28.2. The predicted molar refractivity (Wildman–Crippen MR) is 238 cm³/mol. The molecule has 3 atom stereocenters. The van der Waals surface area contributed by atoms with Gasteiger partial charge < -0.3 is 24.6 Å². The Kier molecular flexibility index (Phi) is 42.4. The Hall–Kier alpha value is -1.55. The Morgan fingerprint density at radius 1 is 0.517 bits per heavy atom. The van der Waals surface area contributed by atoms with E-state index in [1.807, 2.05) is 0 Å². The summed E-state index contributed by atoms with van der Waals surface area (Å²) in [6, 6.07) is 0. The minimum absolute atomic E-state index is 0.178. The quantitative estimate of drug-likeness (QED) is 0.0234. The first kappa shape index (κ1) is 56.5. The van der Waals surface area contributed by atoms with Gasteiger partial charge in [0.05, 0.1) is 19.8 Å². The second-order valence-electron chi connectivity index (χ2n) is 16.1. The van der Waals surface area contributed by atoms with Crippen molar-refractivity contribution < 1.29 is 47.8 Å². The number of hydrogen-bond donors (Lipinski definition) is 3. The molecule has 11 heteroatoms. The summed E-state index contributed by atoms with van der Waals surface area (Å²) in [5.41, 5.74) is 0. The number of carbonyl (C=O) groups is 2. The summed E-state index contributed by atoms with van der Waals surface area (Å²) in [4.78, 5) is 35.1. The smallest absolute Gasteiger partial charge is 0.462 e. The maximum atomic E-state index is 12.6. The number of rotatable bonds is 45. The lowest BCUT2D eigenvalue weighted by Crippen LogP contribution is -2.29. The molecule has 0 rings (SSSR count). The number of allylic oxidation sites excluding steroid dienone is 4. The molecule has 0 aliphatic carbocycles. The van der Waals surface area contributed by atoms with Crippen molar-refractivity contribution in [1.82, 2.24) is 0 Å². The highest BCUT2D eigenvalue weighted by molar-refractivity contribution is 7.47. The van der Waals surface area contributed by atoms with Crippen molar-refractivity contribution in [2.75, 3.05) is 26.4 Å². The highest BCUT2D eigenvalue weighted by Crippen LogP contribution is 2.43. The van der Waals surface area contributed by atoms with Gasteiger partial charge in [0.1, 0.15) is 12.7 Å². The molecule has 0 saturated carbocycles. The van der Waals surface area contributed by atoms with Crippen LogP contribution in [0.5, 0.6) is 0 Å². The van der Waals surface area contributed by atoms with Crippen LogP contribution in [0.2, 0.25) is 0 Å². The number of phosphoric acid groups is 1. The Labute approximate surface area is 355 Å². The van der Waals surface area contributed by atoms with Crippen LogP contribution in [0.3, 0.4) is 0 Å². The average molecular weight is 845 g/mol. The lowest BCUT2D eigenvalue weighted by atomic mass is 10.0. The van der Waals surface area contributed by atoms with Gasteiger partial charge >= 0.3 is 19.8 Å². The molecule has 0 radical (unpaired) electrons. The van der Waals surface area contributed by atoms with E-state index in [0.29, 0.717) is 12.8 Å². The topological polar surface area (TPSA) is 149 Å². The maximum absolute atomic E-state index is 12.6. The molecule has 0 bridgehead atoms. The summed E-state index contributed by atoms with van der Waals surface area (Å²) in [7, 11) is -4.62. The van der Waals surface area contributed by atoms with Crippen molar-refractivity contribution in [3.05, 3.63) is 24.3 Å². The average Bonchev–Trinajstić information content (AvgIpc) is 3.21. The van der Waals surface area contributed by atoms with Crippen LogP contribution in [0.4, 0.5) is 0 Å². The fourth-order valence-corrected chi connectivity index (χ4v) is 7.46. The molecule has 58 heavy (non-hydrogen) atoms. The van der Waals surface area contributed by atoms with Crippen LogP contribution in [0.15, 0.2) is 24.3 Å². The van der Waals surface area contributed by atoms with Crippen molar-refractivity contribution >= 4 is 19.8 Å². The lowest BCUT2D eigenvalue weighted by Gasteiger charge is -2.20. The van der Waals surface area contributed by atoms with E-state index in [-0.39, 0.29) is 19.4 Å². The molecule has 0 aromatic carbocycles. The van der Waals surface area contributed by atoms with Crippen LogP contribution in [-0.4, -0.2) is 65.7 Å². The summed E-state index contributed by atoms with van der Waals surface area (Å²) in [5, 5.41) is 18.4. The number of phosphoric ester groups is 1. The van der Waals surface area contributed by atoms with Crippen LogP contribution >= 0.6 is 7.82 Å². The van der Waals surface area contributed by atoms with E-state index in [0.717, 1.165) is 51.4 Å². The lowest BCUT2D eigenvalue weighted by molar-refractivity contribution is -0.161. The largest absolute Gasteiger partial charge is 0.472 e. The summed E-state index contributed by atoms with van der Waals surface area (Å²) in [6.07, 6.45) is 44.2. The summed E-state index contributed by atoms with van der Waals surface area (Å²) in [6.45, 7) is 2.39. The molecule has 3 N–H and O–H groups in total. The Bertz CT molecular complexity index is 1020. The van der Waals surface area contributed by atoms with E-state index >= 15 is 0 Å². The molecular formula is C47H89O10P. The van der Waals surface area contributed by atoms with Gasteiger partial charge in [0.25, 0.3) is 0 Å². The fourth-order valence-electron chi connectivity index (χ4n) is 6.67. The molecule has 0 aromatic rings. The van der Waals surface area contributed by atoms with Gasteiger partial charge in [-0.25, -0.2) is 4.57 Å². The molecule has 10 nitrogen and oxygen atoms in total. The zero-order valence-electron chi connectivity index (χ0n) is 37.3. The van der Waals surface area contributed by atoms with E-state index < -0.39 is 51.8 Å². The molecular weight excluding hydrogens is 755 g/mol. The van der Waals surface area contributed by atoms with Crippen LogP contribution in [0.1, 0.15) is 226 Å². The summed E-state index contributed by atoms with van der Waals surface area (Å²) >= 11 is 0. The standard InChI is InChI=1S/C47H89O10P/c1-3-5-7-9-11-13-15-17-19-21-23-25-27-29-31-33-35-37-39-47(51)57-45(43-56-58(52,53)55-41-44(49)40-48)42-54-46(50)38-36-34-32-30-28-26-24-22-20-18-16-14-12-10-8-6-4-2/h13,15,19,21,44-45,48-49H,3-12,14,16-18,20,22-43H2,1-2H3,(H,52,53)/b15-13-,21-19-. The minimum atomic E-state index is -4.62. The van der Waals surface area contributed by atoms with Crippen LogP contribution in [-0.2, 0) is 32.7 Å². The van der Waals surface area contributed by atoms with Crippen molar-refractivity contribution in [3.8, 4) is 0 Å². The normalized spacial score (nSPS) is 13.9. The number of carbonyl (C=O) groups excluding carboxylic acids is 2. The summed E-state index contributed by atoms with van der Waals surface area (Å²) < 4.78 is 32.8. The van der Waals surface area contributed by atoms with Crippen molar-refractivity contribution in [2.45, 2.75) is 238 Å². The van der Waals surface area contributed by atoms with E-state index in [1.165, 1.54) is 135 Å². The number of aliphatic hydroxyl groups excluding tert-OH is 2. The Balaban J connectivity index is 4.23. The van der Waals surface area contributed by atoms with Gasteiger partial charge in [0.15, 0.2) is 6.10 Å². The molecule has 0 saturated heterocycles. The first-order valence-electron chi connectivity index (χ1n) is 23.8. The van der Waals surface area contributed by atoms with Gasteiger partial charge in [-0.05, 0) is 44.9 Å². The van der Waals surface area contributed by atoms with Crippen molar-refractivity contribution in [3.63, 3.8) is 0 Å². The number of aliphatic hydroxyl groups is 2. The Morgan fingerprint density at radius 2 is 0.897 bits per heavy atom. The molecule has 0 aromatic heterocycles. The minimum Gasteiger partial charge on any atom is -0.462 e. The highest BCUT2D eigenvalue weighted by atomic mass is 31.2. The number of ether oxygens (including phenoxy) is 2. The van der Waals surface area contributed by atoms with Crippen LogP contribution < -0.4 is 0 Å². The molecule has 0 spiro atoms. The second-order valence-corrected chi connectivity index (χ2v) is 17.6. The van der Waals surface area contributed by atoms with Gasteiger partial charge in [0, 0.05) is 12.8 Å². The van der Waals surface area contributed by atoms with Crippen molar-refractivity contribution in [1.29, 1.82) is 0 Å². The number of hydrogen-bond acceptors (Lipinski definition) is 9. The van der Waals surface area contributed by atoms with E-state index in [9.17, 15) is 24.2 Å². The van der Waals surface area contributed by atoms with Crippen LogP contribution in [0, 0.1) is 0 Å². The molecule has 3 unspecified atom stereocenters. The van der Waals surface area contributed by atoms with E-state index in [1.54, 1.807) is 0 Å². The van der Waals surface area contributed by atoms with Gasteiger partial charge in [-0.15, -0.1) is 0 Å². The van der Waals surface area contributed by atoms with E-state index in [2.05, 4.69) is 38.2 Å². The monoisotopic (exact) mass is 845 g/mol. The predicted octanol–water partition coefficient (Wildman–Crippen LogP) is 13.0. The number of esters is 2. The molecule has 0 heterocycles. The van der Waals surface area contributed by atoms with Crippen LogP contribution in [0.25, 0.3) is 0 Å². The highest BCUT2D eigenvalue weighted by Gasteiger charge is 2.27. The first-order valence-corrected chi connectivity index (χ1v) is 25.3. The summed E-state index contributed by atoms with van der Waals surface area (Å²) in [5.74, 6) is -0.923. The van der Waals surface area contributed by atoms with E-state index in [4.69, 9.17) is 23.6 Å². The third-order valence-corrected chi connectivity index (χ3v) is 11.3. The van der Waals surface area contributed by atoms with Gasteiger partial charge in [-0.3, -0.25) is 18.6 Å². The third kappa shape index (κ3) is 42.6. The second kappa shape index (κ2) is 43.5. The third-order valence-electron chi connectivity index (χ3n) is 10.4. The Morgan fingerprint density at radius 3 is 1.34 bits per heavy atom. The maximum Gasteiger partial charge on any atom is 0.472 e. The van der Waals surface area contributed by atoms with Gasteiger partial charge in [-0.1, -0.05) is 192 Å². The molecule has 0 fully saturated rings. The number of unbranched alkanes of at least 4 members (excludes halogenated alkanes) is 27. The molecule has 0 amide bonds. The van der Waals surface area contributed by atoms with Gasteiger partial charge in [-0.2, -0.15) is 0 Å². The van der Waals surface area contributed by atoms with Gasteiger partial charge in [0.2, 0.25) is 0 Å². The molecule has 0 aliphatic heterocycles. The fraction of sp³-hybridized carbons (Fsp3) is 0.872. The molecule has 342 valence electrons.